The molecular weight excluding hydrogens is 442 g/mol. The lowest BCUT2D eigenvalue weighted by molar-refractivity contribution is -0.126. The van der Waals surface area contributed by atoms with Crippen molar-refractivity contribution in [1.29, 1.82) is 0 Å². The zero-order valence-corrected chi connectivity index (χ0v) is 19.1. The fourth-order valence-electron chi connectivity index (χ4n) is 4.39. The predicted molar refractivity (Wildman–Crippen MR) is 132 cm³/mol. The van der Waals surface area contributed by atoms with Crippen LogP contribution in [0.2, 0.25) is 0 Å². The molecule has 35 heavy (non-hydrogen) atoms. The van der Waals surface area contributed by atoms with Gasteiger partial charge in [0.15, 0.2) is 0 Å². The van der Waals surface area contributed by atoms with Crippen molar-refractivity contribution in [1.82, 2.24) is 24.3 Å². The molecule has 0 spiro atoms. The standard InChI is InChI=1S/C26H23N7O2/c1-2-6-21(34)32-15-5-7-19(32)25-31-22(23-24(27)29-14-16-33(23)25)17-9-11-18(12-10-17)26(35)30-20-8-3-4-13-28-20/h3-4,8-14,16,19H,5,7,15H2,1H3,(H2,27,29)(H,28,30,35)/t19-/m1/s1. The number of imidazole rings is 1. The second kappa shape index (κ2) is 9.27. The topological polar surface area (TPSA) is 119 Å². The van der Waals surface area contributed by atoms with E-state index in [1.54, 1.807) is 60.7 Å². The Hall–Kier alpha value is -4.71. The van der Waals surface area contributed by atoms with Crippen LogP contribution in [0.1, 0.15) is 42.0 Å². The van der Waals surface area contributed by atoms with E-state index in [9.17, 15) is 9.59 Å². The molecule has 4 heterocycles. The first-order valence-corrected chi connectivity index (χ1v) is 11.3. The highest BCUT2D eigenvalue weighted by atomic mass is 16.2. The first-order valence-electron chi connectivity index (χ1n) is 11.3. The molecule has 174 valence electrons. The van der Waals surface area contributed by atoms with E-state index in [0.717, 1.165) is 18.4 Å². The second-order valence-electron chi connectivity index (χ2n) is 8.13. The fraction of sp³-hybridized carbons (Fsp3) is 0.192. The van der Waals surface area contributed by atoms with Gasteiger partial charge >= 0.3 is 0 Å². The summed E-state index contributed by atoms with van der Waals surface area (Å²) in [5.74, 6) is 6.39. The molecule has 9 heteroatoms. The molecule has 1 aromatic carbocycles. The van der Waals surface area contributed by atoms with Crippen LogP contribution in [0.25, 0.3) is 16.8 Å². The number of pyridine rings is 1. The highest BCUT2D eigenvalue weighted by Gasteiger charge is 2.33. The summed E-state index contributed by atoms with van der Waals surface area (Å²) in [4.78, 5) is 40.3. The number of carbonyl (C=O) groups is 2. The van der Waals surface area contributed by atoms with Gasteiger partial charge in [-0.25, -0.2) is 15.0 Å². The van der Waals surface area contributed by atoms with Crippen molar-refractivity contribution in [2.45, 2.75) is 25.8 Å². The SMILES string of the molecule is CC#CC(=O)N1CCC[C@@H]1c1nc(-c2ccc(C(=O)Nc3ccccn3)cc2)c2c(N)nccn12. The number of nitrogen functional groups attached to an aromatic ring is 1. The Kier molecular flexibility index (Phi) is 5.85. The van der Waals surface area contributed by atoms with Crippen LogP contribution < -0.4 is 11.1 Å². The Balaban J connectivity index is 1.51. The Morgan fingerprint density at radius 3 is 2.69 bits per heavy atom. The molecule has 0 saturated carbocycles. The van der Waals surface area contributed by atoms with Gasteiger partial charge in [-0.3, -0.25) is 14.0 Å². The number of nitrogens with two attached hydrogens (primary N) is 1. The van der Waals surface area contributed by atoms with Crippen LogP contribution in [-0.4, -0.2) is 42.6 Å². The van der Waals surface area contributed by atoms with Crippen molar-refractivity contribution >= 4 is 29.0 Å². The van der Waals surface area contributed by atoms with Gasteiger partial charge < -0.3 is 16.0 Å². The molecule has 1 atom stereocenters. The average molecular weight is 466 g/mol. The van der Waals surface area contributed by atoms with E-state index in [2.05, 4.69) is 27.1 Å². The summed E-state index contributed by atoms with van der Waals surface area (Å²) >= 11 is 0. The monoisotopic (exact) mass is 465 g/mol. The zero-order valence-electron chi connectivity index (χ0n) is 19.1. The highest BCUT2D eigenvalue weighted by molar-refractivity contribution is 6.04. The number of nitrogens with one attached hydrogen (secondary N) is 1. The number of rotatable bonds is 4. The third kappa shape index (κ3) is 4.17. The van der Waals surface area contributed by atoms with Crippen LogP contribution in [0, 0.1) is 11.8 Å². The van der Waals surface area contributed by atoms with Gasteiger partial charge in [-0.1, -0.05) is 24.1 Å². The molecule has 1 aliphatic heterocycles. The van der Waals surface area contributed by atoms with Gasteiger partial charge in [-0.15, -0.1) is 0 Å². The maximum Gasteiger partial charge on any atom is 0.299 e. The summed E-state index contributed by atoms with van der Waals surface area (Å²) in [6, 6.07) is 12.2. The van der Waals surface area contributed by atoms with E-state index < -0.39 is 0 Å². The zero-order chi connectivity index (χ0) is 24.4. The van der Waals surface area contributed by atoms with Gasteiger partial charge in [0.25, 0.3) is 11.8 Å². The van der Waals surface area contributed by atoms with Crippen molar-refractivity contribution in [3.05, 3.63) is 72.4 Å². The smallest absolute Gasteiger partial charge is 0.299 e. The molecule has 1 aliphatic rings. The molecule has 3 aromatic heterocycles. The Labute approximate surface area is 202 Å². The molecule has 1 saturated heterocycles. The molecule has 4 aromatic rings. The van der Waals surface area contributed by atoms with Gasteiger partial charge in [0.05, 0.1) is 6.04 Å². The van der Waals surface area contributed by atoms with Gasteiger partial charge in [0, 0.05) is 36.3 Å². The van der Waals surface area contributed by atoms with E-state index in [-0.39, 0.29) is 17.9 Å². The summed E-state index contributed by atoms with van der Waals surface area (Å²) < 4.78 is 1.90. The molecule has 0 bridgehead atoms. The number of benzene rings is 1. The number of fused-ring (bicyclic) bond motifs is 1. The first kappa shape index (κ1) is 22.1. The number of likely N-dealkylation sites (tertiary alicyclic amines) is 1. The molecule has 2 amide bonds. The van der Waals surface area contributed by atoms with Crippen molar-refractivity contribution in [2.75, 3.05) is 17.6 Å². The normalized spacial score (nSPS) is 15.0. The van der Waals surface area contributed by atoms with Gasteiger partial charge in [0.2, 0.25) is 0 Å². The molecule has 0 radical (unpaired) electrons. The number of nitrogens with zero attached hydrogens (tertiary/aromatic N) is 5. The Morgan fingerprint density at radius 1 is 1.11 bits per heavy atom. The van der Waals surface area contributed by atoms with Crippen LogP contribution in [-0.2, 0) is 4.79 Å². The number of anilines is 2. The molecule has 5 rings (SSSR count). The lowest BCUT2D eigenvalue weighted by Crippen LogP contribution is -2.30. The van der Waals surface area contributed by atoms with E-state index >= 15 is 0 Å². The van der Waals surface area contributed by atoms with Crippen LogP contribution in [0.4, 0.5) is 11.6 Å². The molecule has 0 aliphatic carbocycles. The molecule has 3 N–H and O–H groups in total. The van der Waals surface area contributed by atoms with Gasteiger partial charge in [-0.2, -0.15) is 0 Å². The number of hydrogen-bond acceptors (Lipinski definition) is 6. The van der Waals surface area contributed by atoms with Crippen molar-refractivity contribution in [3.8, 4) is 23.1 Å². The van der Waals surface area contributed by atoms with Crippen LogP contribution in [0.3, 0.4) is 0 Å². The lowest BCUT2D eigenvalue weighted by Gasteiger charge is -2.21. The summed E-state index contributed by atoms with van der Waals surface area (Å²) in [7, 11) is 0. The van der Waals surface area contributed by atoms with Gasteiger partial charge in [0.1, 0.15) is 28.7 Å². The minimum absolute atomic E-state index is 0.210. The third-order valence-electron chi connectivity index (χ3n) is 5.98. The van der Waals surface area contributed by atoms with Gasteiger partial charge in [-0.05, 0) is 50.0 Å². The van der Waals surface area contributed by atoms with Crippen molar-refractivity contribution in [3.63, 3.8) is 0 Å². The number of aromatic nitrogens is 4. The van der Waals surface area contributed by atoms with Crippen molar-refractivity contribution in [2.24, 2.45) is 0 Å². The summed E-state index contributed by atoms with van der Waals surface area (Å²) in [6.45, 7) is 2.28. The van der Waals surface area contributed by atoms with E-state index in [0.29, 0.717) is 40.8 Å². The second-order valence-corrected chi connectivity index (χ2v) is 8.13. The lowest BCUT2D eigenvalue weighted by atomic mass is 10.1. The van der Waals surface area contributed by atoms with E-state index in [1.807, 2.05) is 16.5 Å². The highest BCUT2D eigenvalue weighted by Crippen LogP contribution is 2.36. The van der Waals surface area contributed by atoms with Crippen molar-refractivity contribution < 1.29 is 9.59 Å². The van der Waals surface area contributed by atoms with E-state index in [1.165, 1.54) is 0 Å². The molecule has 0 unspecified atom stereocenters. The summed E-state index contributed by atoms with van der Waals surface area (Å²) in [6.07, 6.45) is 6.69. The third-order valence-corrected chi connectivity index (χ3v) is 5.98. The van der Waals surface area contributed by atoms with Crippen LogP contribution in [0.5, 0.6) is 0 Å². The van der Waals surface area contributed by atoms with Crippen LogP contribution >= 0.6 is 0 Å². The van der Waals surface area contributed by atoms with E-state index in [4.69, 9.17) is 10.7 Å². The average Bonchev–Trinajstić information content (AvgIpc) is 3.51. The summed E-state index contributed by atoms with van der Waals surface area (Å²) in [5.41, 5.74) is 8.84. The minimum Gasteiger partial charge on any atom is -0.382 e. The Morgan fingerprint density at radius 2 is 1.94 bits per heavy atom. The quantitative estimate of drug-likeness (QED) is 0.447. The molecule has 1 fully saturated rings. The largest absolute Gasteiger partial charge is 0.382 e. The molecule has 9 nitrogen and oxygen atoms in total. The maximum absolute atomic E-state index is 12.6. The number of amides is 2. The van der Waals surface area contributed by atoms with Crippen LogP contribution in [0.15, 0.2) is 61.1 Å². The number of carbonyl (C=O) groups excluding carboxylic acids is 2. The summed E-state index contributed by atoms with van der Waals surface area (Å²) in [5, 5.41) is 2.77. The minimum atomic E-state index is -0.260. The first-order chi connectivity index (χ1) is 17.1. The maximum atomic E-state index is 12.6. The fourth-order valence-corrected chi connectivity index (χ4v) is 4.39. The predicted octanol–water partition coefficient (Wildman–Crippen LogP) is 3.31. The molecular formula is C26H23N7O2. The number of hydrogen-bond donors (Lipinski definition) is 2. The Bertz CT molecular complexity index is 1470.